The number of fused-ring (bicyclic) bond motifs is 3. The van der Waals surface area contributed by atoms with Crippen LogP contribution in [0.1, 0.15) is 42.5 Å². The summed E-state index contributed by atoms with van der Waals surface area (Å²) in [5, 5.41) is 3.33. The van der Waals surface area contributed by atoms with E-state index in [4.69, 9.17) is 11.6 Å². The van der Waals surface area contributed by atoms with E-state index in [1.54, 1.807) is 0 Å². The van der Waals surface area contributed by atoms with Gasteiger partial charge in [0.2, 0.25) is 0 Å². The van der Waals surface area contributed by atoms with Crippen LogP contribution in [-0.2, 0) is 0 Å². The Balaban J connectivity index is 1.62. The van der Waals surface area contributed by atoms with Crippen LogP contribution in [0, 0.1) is 17.8 Å². The molecule has 0 amide bonds. The Kier molecular flexibility index (Phi) is 3.75. The van der Waals surface area contributed by atoms with Gasteiger partial charge in [-0.25, -0.2) is 0 Å². The van der Waals surface area contributed by atoms with Crippen molar-refractivity contribution in [2.45, 2.75) is 36.9 Å². The first-order valence-electron chi connectivity index (χ1n) is 8.03. The third-order valence-electron chi connectivity index (χ3n) is 5.64. The summed E-state index contributed by atoms with van der Waals surface area (Å²) in [7, 11) is 0. The summed E-state index contributed by atoms with van der Waals surface area (Å²) in [6, 6.07) is 12.8. The normalized spacial score (nSPS) is 29.1. The molecule has 0 saturated heterocycles. The minimum Gasteiger partial charge on any atom is -0.0838 e. The molecule has 2 aliphatic rings. The molecule has 2 aliphatic carbocycles. The van der Waals surface area contributed by atoms with Crippen LogP contribution in [0.15, 0.2) is 36.4 Å². The number of benzene rings is 2. The smallest absolute Gasteiger partial charge is 0.0484 e. The molecule has 0 aliphatic heterocycles. The fraction of sp³-hybridized carbons (Fsp3) is 0.474. The van der Waals surface area contributed by atoms with Crippen LogP contribution in [0.2, 0.25) is 5.02 Å². The number of alkyl halides is 1. The van der Waals surface area contributed by atoms with Crippen LogP contribution in [-0.4, -0.2) is 0 Å². The molecule has 0 N–H and O–H groups in total. The van der Waals surface area contributed by atoms with Crippen molar-refractivity contribution in [1.82, 2.24) is 0 Å². The van der Waals surface area contributed by atoms with Gasteiger partial charge in [-0.2, -0.15) is 0 Å². The van der Waals surface area contributed by atoms with E-state index in [9.17, 15) is 0 Å². The molecule has 2 aromatic rings. The highest BCUT2D eigenvalue weighted by Gasteiger charge is 2.40. The number of rotatable bonds is 3. The van der Waals surface area contributed by atoms with E-state index in [0.717, 1.165) is 22.8 Å². The molecular weight excluding hydrogens is 344 g/mol. The van der Waals surface area contributed by atoms with Gasteiger partial charge in [-0.1, -0.05) is 64.3 Å². The van der Waals surface area contributed by atoms with Crippen molar-refractivity contribution in [3.63, 3.8) is 0 Å². The molecule has 2 aromatic carbocycles. The van der Waals surface area contributed by atoms with Crippen molar-refractivity contribution in [2.75, 3.05) is 0 Å². The van der Waals surface area contributed by atoms with Crippen LogP contribution >= 0.6 is 27.5 Å². The summed E-state index contributed by atoms with van der Waals surface area (Å²) in [4.78, 5) is 0.448. The topological polar surface area (TPSA) is 0 Å². The summed E-state index contributed by atoms with van der Waals surface area (Å²) < 4.78 is 0. The summed E-state index contributed by atoms with van der Waals surface area (Å²) in [5.41, 5.74) is 1.40. The maximum absolute atomic E-state index is 6.34. The van der Waals surface area contributed by atoms with Crippen LogP contribution in [0.25, 0.3) is 10.8 Å². The minimum atomic E-state index is 0.448. The minimum absolute atomic E-state index is 0.448. The van der Waals surface area contributed by atoms with E-state index >= 15 is 0 Å². The Morgan fingerprint density at radius 1 is 1.05 bits per heavy atom. The summed E-state index contributed by atoms with van der Waals surface area (Å²) in [6.07, 6.45) is 7.17. The zero-order valence-corrected chi connectivity index (χ0v) is 14.4. The van der Waals surface area contributed by atoms with Crippen LogP contribution in [0.4, 0.5) is 0 Å². The van der Waals surface area contributed by atoms with Gasteiger partial charge in [-0.15, -0.1) is 0 Å². The van der Waals surface area contributed by atoms with Crippen molar-refractivity contribution in [3.05, 3.63) is 47.0 Å². The Morgan fingerprint density at radius 3 is 2.57 bits per heavy atom. The lowest BCUT2D eigenvalue weighted by molar-refractivity contribution is 0.314. The fourth-order valence-electron chi connectivity index (χ4n) is 4.62. The van der Waals surface area contributed by atoms with Gasteiger partial charge in [-0.05, 0) is 60.5 Å². The van der Waals surface area contributed by atoms with Crippen molar-refractivity contribution >= 4 is 38.3 Å². The first-order valence-corrected chi connectivity index (χ1v) is 9.33. The van der Waals surface area contributed by atoms with Gasteiger partial charge in [0.15, 0.2) is 0 Å². The number of hydrogen-bond donors (Lipinski definition) is 0. The van der Waals surface area contributed by atoms with E-state index in [0.29, 0.717) is 4.83 Å². The van der Waals surface area contributed by atoms with Crippen molar-refractivity contribution in [3.8, 4) is 0 Å². The maximum Gasteiger partial charge on any atom is 0.0484 e. The largest absolute Gasteiger partial charge is 0.0838 e. The summed E-state index contributed by atoms with van der Waals surface area (Å²) in [6.45, 7) is 0. The lowest BCUT2D eigenvalue weighted by Gasteiger charge is -2.25. The van der Waals surface area contributed by atoms with Crippen molar-refractivity contribution < 1.29 is 0 Å². The van der Waals surface area contributed by atoms with E-state index < -0.39 is 0 Å². The summed E-state index contributed by atoms with van der Waals surface area (Å²) >= 11 is 10.3. The van der Waals surface area contributed by atoms with E-state index in [1.165, 1.54) is 48.4 Å². The second-order valence-electron chi connectivity index (χ2n) is 6.82. The van der Waals surface area contributed by atoms with Crippen LogP contribution in [0.5, 0.6) is 0 Å². The molecule has 21 heavy (non-hydrogen) atoms. The molecule has 0 aromatic heterocycles. The Labute approximate surface area is 140 Å². The molecule has 4 rings (SSSR count). The monoisotopic (exact) mass is 362 g/mol. The molecule has 0 spiro atoms. The van der Waals surface area contributed by atoms with Crippen LogP contribution < -0.4 is 0 Å². The number of halogens is 2. The van der Waals surface area contributed by atoms with Crippen molar-refractivity contribution in [2.24, 2.45) is 17.8 Å². The predicted octanol–water partition coefficient (Wildman–Crippen LogP) is 6.76. The molecule has 4 atom stereocenters. The van der Waals surface area contributed by atoms with Gasteiger partial charge in [-0.3, -0.25) is 0 Å². The third-order valence-corrected chi connectivity index (χ3v) is 6.83. The zero-order valence-electron chi connectivity index (χ0n) is 12.1. The highest BCUT2D eigenvalue weighted by molar-refractivity contribution is 9.09. The van der Waals surface area contributed by atoms with Gasteiger partial charge >= 0.3 is 0 Å². The van der Waals surface area contributed by atoms with Gasteiger partial charge in [0.1, 0.15) is 0 Å². The molecule has 2 saturated carbocycles. The second kappa shape index (κ2) is 5.59. The molecule has 2 heteroatoms. The predicted molar refractivity (Wildman–Crippen MR) is 94.2 cm³/mol. The lowest BCUT2D eigenvalue weighted by Crippen LogP contribution is -2.12. The first-order chi connectivity index (χ1) is 10.2. The first kappa shape index (κ1) is 14.1. The molecular formula is C19H20BrCl. The second-order valence-corrected chi connectivity index (χ2v) is 8.33. The zero-order chi connectivity index (χ0) is 14.4. The molecule has 110 valence electrons. The van der Waals surface area contributed by atoms with E-state index in [2.05, 4.69) is 46.3 Å². The Hall–Kier alpha value is -0.530. The molecule has 2 bridgehead atoms. The van der Waals surface area contributed by atoms with Gasteiger partial charge in [0.05, 0.1) is 0 Å². The van der Waals surface area contributed by atoms with E-state index in [-0.39, 0.29) is 0 Å². The van der Waals surface area contributed by atoms with Gasteiger partial charge in [0.25, 0.3) is 0 Å². The molecule has 0 radical (unpaired) electrons. The Bertz CT molecular complexity index is 666. The molecule has 4 unspecified atom stereocenters. The summed E-state index contributed by atoms with van der Waals surface area (Å²) in [5.74, 6) is 2.94. The molecule has 2 fully saturated rings. The Morgan fingerprint density at radius 2 is 1.86 bits per heavy atom. The average molecular weight is 364 g/mol. The highest BCUT2D eigenvalue weighted by Crippen LogP contribution is 2.52. The lowest BCUT2D eigenvalue weighted by atomic mass is 9.84. The molecule has 0 heterocycles. The number of hydrogen-bond acceptors (Lipinski definition) is 0. The highest BCUT2D eigenvalue weighted by atomic mass is 79.9. The molecule has 0 nitrogen and oxygen atoms in total. The van der Waals surface area contributed by atoms with Gasteiger partial charge < -0.3 is 0 Å². The fourth-order valence-corrected chi connectivity index (χ4v) is 5.72. The third kappa shape index (κ3) is 2.53. The maximum atomic E-state index is 6.34. The average Bonchev–Trinajstić information content (AvgIpc) is 3.10. The van der Waals surface area contributed by atoms with Crippen molar-refractivity contribution in [1.29, 1.82) is 0 Å². The standard InChI is InChI=1S/C19H20BrCl/c20-18(11-14-10-12-5-6-13(14)9-12)16-7-8-19(21)17-4-2-1-3-15(16)17/h1-4,7-8,12-14,18H,5-6,9-11H2. The SMILES string of the molecule is Clc1ccc(C(Br)CC2CC3CCC2C3)c2ccccc12. The van der Waals surface area contributed by atoms with E-state index in [1.807, 2.05) is 6.07 Å². The van der Waals surface area contributed by atoms with Gasteiger partial charge in [0, 0.05) is 15.2 Å². The van der Waals surface area contributed by atoms with Crippen LogP contribution in [0.3, 0.4) is 0 Å². The quantitative estimate of drug-likeness (QED) is 0.529.